The van der Waals surface area contributed by atoms with E-state index in [-0.39, 0.29) is 5.75 Å². The lowest BCUT2D eigenvalue weighted by atomic mass is 10.00. The van der Waals surface area contributed by atoms with Crippen molar-refractivity contribution in [1.82, 2.24) is 4.90 Å². The van der Waals surface area contributed by atoms with Crippen molar-refractivity contribution in [2.45, 2.75) is 13.0 Å². The number of phenols is 1. The second-order valence-electron chi connectivity index (χ2n) is 3.56. The minimum absolute atomic E-state index is 0.242. The van der Waals surface area contributed by atoms with Crippen molar-refractivity contribution in [2.75, 3.05) is 13.6 Å². The maximum Gasteiger partial charge on any atom is 0.165 e. The number of likely N-dealkylation sites (N-methyl/N-ethyl adjacent to an activating group) is 1. The van der Waals surface area contributed by atoms with E-state index < -0.39 is 5.82 Å². The highest BCUT2D eigenvalue weighted by Crippen LogP contribution is 2.25. The van der Waals surface area contributed by atoms with Crippen LogP contribution in [0.25, 0.3) is 0 Å². The lowest BCUT2D eigenvalue weighted by Gasteiger charge is -2.24. The molecular weight excluding hydrogens is 169 g/mol. The van der Waals surface area contributed by atoms with Crippen LogP contribution in [0.1, 0.15) is 11.1 Å². The number of aromatic hydroxyl groups is 1. The molecule has 0 amide bonds. The highest BCUT2D eigenvalue weighted by Gasteiger charge is 2.15. The Balaban J connectivity index is 2.43. The summed E-state index contributed by atoms with van der Waals surface area (Å²) in [6.45, 7) is 1.75. The van der Waals surface area contributed by atoms with Gasteiger partial charge in [-0.25, -0.2) is 4.39 Å². The molecule has 1 aliphatic rings. The predicted octanol–water partition coefficient (Wildman–Crippen LogP) is 1.52. The van der Waals surface area contributed by atoms with Gasteiger partial charge in [-0.2, -0.15) is 0 Å². The molecule has 2 nitrogen and oxygen atoms in total. The zero-order valence-corrected chi connectivity index (χ0v) is 7.55. The Hall–Kier alpha value is -1.09. The highest BCUT2D eigenvalue weighted by atomic mass is 19.1. The van der Waals surface area contributed by atoms with Crippen LogP contribution in [-0.2, 0) is 13.0 Å². The maximum absolute atomic E-state index is 12.9. The monoisotopic (exact) mass is 181 g/mol. The summed E-state index contributed by atoms with van der Waals surface area (Å²) in [4.78, 5) is 2.15. The summed E-state index contributed by atoms with van der Waals surface area (Å²) in [5.41, 5.74) is 2.06. The summed E-state index contributed by atoms with van der Waals surface area (Å²) in [6, 6.07) is 2.97. The Labute approximate surface area is 76.6 Å². The summed E-state index contributed by atoms with van der Waals surface area (Å²) in [7, 11) is 2.02. The molecule has 0 radical (unpaired) electrons. The van der Waals surface area contributed by atoms with Gasteiger partial charge in [0.1, 0.15) is 0 Å². The van der Waals surface area contributed by atoms with E-state index in [1.807, 2.05) is 7.05 Å². The molecule has 1 N–H and O–H groups in total. The molecule has 0 fully saturated rings. The van der Waals surface area contributed by atoms with Crippen LogP contribution in [0.3, 0.4) is 0 Å². The van der Waals surface area contributed by atoms with Gasteiger partial charge in [-0.3, -0.25) is 0 Å². The lowest BCUT2D eigenvalue weighted by Crippen LogP contribution is -2.26. The van der Waals surface area contributed by atoms with Gasteiger partial charge in [0.05, 0.1) is 0 Å². The molecule has 0 saturated heterocycles. The molecule has 0 unspecified atom stereocenters. The van der Waals surface area contributed by atoms with Gasteiger partial charge in [0, 0.05) is 13.1 Å². The zero-order valence-electron chi connectivity index (χ0n) is 7.55. The number of rotatable bonds is 0. The molecule has 1 aromatic carbocycles. The summed E-state index contributed by atoms with van der Waals surface area (Å²) in [5.74, 6) is -0.752. The number of fused-ring (bicyclic) bond motifs is 1. The van der Waals surface area contributed by atoms with Gasteiger partial charge in [-0.1, -0.05) is 0 Å². The van der Waals surface area contributed by atoms with Gasteiger partial charge in [-0.15, -0.1) is 0 Å². The quantitative estimate of drug-likeness (QED) is 0.656. The van der Waals surface area contributed by atoms with Crippen LogP contribution >= 0.6 is 0 Å². The van der Waals surface area contributed by atoms with Crippen LogP contribution in [0, 0.1) is 5.82 Å². The third kappa shape index (κ3) is 1.52. The van der Waals surface area contributed by atoms with Gasteiger partial charge < -0.3 is 10.0 Å². The number of nitrogens with zero attached hydrogens (tertiary/aromatic N) is 1. The molecule has 1 heterocycles. The standard InChI is InChI=1S/C10H12FNO/c1-12-3-2-7-4-9(11)10(13)5-8(7)6-12/h4-5,13H,2-3,6H2,1H3. The number of halogens is 1. The molecular formula is C10H12FNO. The van der Waals surface area contributed by atoms with Crippen LogP contribution in [0.15, 0.2) is 12.1 Å². The zero-order chi connectivity index (χ0) is 9.42. The Morgan fingerprint density at radius 1 is 1.38 bits per heavy atom. The maximum atomic E-state index is 12.9. The Bertz CT molecular complexity index is 338. The Morgan fingerprint density at radius 3 is 2.92 bits per heavy atom. The van der Waals surface area contributed by atoms with Gasteiger partial charge >= 0.3 is 0 Å². The lowest BCUT2D eigenvalue weighted by molar-refractivity contribution is 0.310. The number of benzene rings is 1. The smallest absolute Gasteiger partial charge is 0.165 e. The normalized spacial score (nSPS) is 17.1. The second kappa shape index (κ2) is 3.00. The average molecular weight is 181 g/mol. The van der Waals surface area contributed by atoms with E-state index in [1.165, 1.54) is 12.1 Å². The molecule has 0 atom stereocenters. The fourth-order valence-electron chi connectivity index (χ4n) is 1.71. The van der Waals surface area contributed by atoms with Crippen molar-refractivity contribution in [1.29, 1.82) is 0 Å². The van der Waals surface area contributed by atoms with Gasteiger partial charge in [0.2, 0.25) is 0 Å². The van der Waals surface area contributed by atoms with Gasteiger partial charge in [0.15, 0.2) is 11.6 Å². The molecule has 0 saturated carbocycles. The minimum atomic E-state index is -0.511. The summed E-state index contributed by atoms with van der Waals surface area (Å²) in [6.07, 6.45) is 0.864. The van der Waals surface area contributed by atoms with Crippen LogP contribution in [-0.4, -0.2) is 23.6 Å². The van der Waals surface area contributed by atoms with Crippen molar-refractivity contribution in [3.8, 4) is 5.75 Å². The van der Waals surface area contributed by atoms with Crippen LogP contribution < -0.4 is 0 Å². The third-order valence-corrected chi connectivity index (χ3v) is 2.47. The van der Waals surface area contributed by atoms with Crippen LogP contribution in [0.2, 0.25) is 0 Å². The SMILES string of the molecule is CN1CCc2cc(F)c(O)cc2C1. The number of phenolic OH excluding ortho intramolecular Hbond substituents is 1. The first-order chi connectivity index (χ1) is 6.16. The Morgan fingerprint density at radius 2 is 2.15 bits per heavy atom. The van der Waals surface area contributed by atoms with E-state index in [0.717, 1.165) is 30.6 Å². The molecule has 0 aliphatic carbocycles. The average Bonchev–Trinajstić information content (AvgIpc) is 2.08. The van der Waals surface area contributed by atoms with E-state index in [4.69, 9.17) is 5.11 Å². The molecule has 1 aliphatic heterocycles. The third-order valence-electron chi connectivity index (χ3n) is 2.47. The first-order valence-electron chi connectivity index (χ1n) is 4.35. The van der Waals surface area contributed by atoms with E-state index in [0.29, 0.717) is 0 Å². The largest absolute Gasteiger partial charge is 0.505 e. The minimum Gasteiger partial charge on any atom is -0.505 e. The predicted molar refractivity (Wildman–Crippen MR) is 48.1 cm³/mol. The number of hydrogen-bond acceptors (Lipinski definition) is 2. The van der Waals surface area contributed by atoms with Crippen molar-refractivity contribution in [2.24, 2.45) is 0 Å². The van der Waals surface area contributed by atoms with Crippen LogP contribution in [0.4, 0.5) is 4.39 Å². The van der Waals surface area contributed by atoms with E-state index in [1.54, 1.807) is 0 Å². The molecule has 70 valence electrons. The van der Waals surface area contributed by atoms with Crippen LogP contribution in [0.5, 0.6) is 5.75 Å². The van der Waals surface area contributed by atoms with Gasteiger partial charge in [-0.05, 0) is 36.7 Å². The molecule has 0 spiro atoms. The molecule has 0 bridgehead atoms. The number of hydrogen-bond donors (Lipinski definition) is 1. The highest BCUT2D eigenvalue weighted by molar-refractivity contribution is 5.37. The fourth-order valence-corrected chi connectivity index (χ4v) is 1.71. The fraction of sp³-hybridized carbons (Fsp3) is 0.400. The van der Waals surface area contributed by atoms with Crippen molar-refractivity contribution in [3.63, 3.8) is 0 Å². The van der Waals surface area contributed by atoms with Crippen molar-refractivity contribution < 1.29 is 9.50 Å². The van der Waals surface area contributed by atoms with Crippen molar-refractivity contribution in [3.05, 3.63) is 29.1 Å². The molecule has 1 aromatic rings. The molecule has 0 aromatic heterocycles. The Kier molecular flexibility index (Phi) is 1.96. The van der Waals surface area contributed by atoms with E-state index in [9.17, 15) is 4.39 Å². The summed E-state index contributed by atoms with van der Waals surface area (Å²) in [5, 5.41) is 9.17. The van der Waals surface area contributed by atoms with Gasteiger partial charge in [0.25, 0.3) is 0 Å². The molecule has 2 rings (SSSR count). The summed E-state index contributed by atoms with van der Waals surface area (Å²) < 4.78 is 12.9. The second-order valence-corrected chi connectivity index (χ2v) is 3.56. The molecule has 3 heteroatoms. The topological polar surface area (TPSA) is 23.5 Å². The van der Waals surface area contributed by atoms with E-state index >= 15 is 0 Å². The van der Waals surface area contributed by atoms with Crippen molar-refractivity contribution >= 4 is 0 Å². The van der Waals surface area contributed by atoms with E-state index in [2.05, 4.69) is 4.90 Å². The summed E-state index contributed by atoms with van der Waals surface area (Å²) >= 11 is 0. The molecule has 13 heavy (non-hydrogen) atoms. The first-order valence-corrected chi connectivity index (χ1v) is 4.35. The first kappa shape index (κ1) is 8.51.